The van der Waals surface area contributed by atoms with Crippen molar-refractivity contribution < 1.29 is 0 Å². The first-order chi connectivity index (χ1) is 3.62. The van der Waals surface area contributed by atoms with Crippen LogP contribution in [0.15, 0.2) is 12.7 Å². The third-order valence-corrected chi connectivity index (χ3v) is 3.14. The molecule has 0 fully saturated rings. The Bertz CT molecular complexity index is 117. The van der Waals surface area contributed by atoms with E-state index in [1.165, 1.54) is 0 Å². The van der Waals surface area contributed by atoms with E-state index in [0.717, 1.165) is 6.04 Å². The van der Waals surface area contributed by atoms with E-state index in [2.05, 4.69) is 25.2 Å². The topological polar surface area (TPSA) is 0 Å². The molecule has 0 radical (unpaired) electrons. The highest BCUT2D eigenvalue weighted by Crippen LogP contribution is 2.06. The molecule has 8 heavy (non-hydrogen) atoms. The SMILES string of the molecule is C#C[Si](C)(C)CC=C. The van der Waals surface area contributed by atoms with Gasteiger partial charge in [-0.2, -0.15) is 0 Å². The van der Waals surface area contributed by atoms with Crippen LogP contribution >= 0.6 is 0 Å². The standard InChI is InChI=1S/C7H12Si/c1-5-7-8(3,4)6-2/h2,5H,1,7H2,3-4H3. The smallest absolute Gasteiger partial charge is 0.135 e. The summed E-state index contributed by atoms with van der Waals surface area (Å²) in [5.41, 5.74) is 2.81. The lowest BCUT2D eigenvalue weighted by atomic mass is 10.8. The lowest BCUT2D eigenvalue weighted by Crippen LogP contribution is -2.20. The molecule has 0 atom stereocenters. The zero-order chi connectivity index (χ0) is 6.62. The Hall–Kier alpha value is -0.483. The number of terminal acetylenes is 1. The molecule has 0 aromatic heterocycles. The Morgan fingerprint density at radius 2 is 2.25 bits per heavy atom. The molecule has 0 bridgehead atoms. The summed E-state index contributed by atoms with van der Waals surface area (Å²) in [4.78, 5) is 0. The van der Waals surface area contributed by atoms with Crippen LogP contribution in [-0.2, 0) is 0 Å². The van der Waals surface area contributed by atoms with Crippen molar-refractivity contribution in [2.24, 2.45) is 0 Å². The lowest BCUT2D eigenvalue weighted by Gasteiger charge is -2.09. The monoisotopic (exact) mass is 124 g/mol. The van der Waals surface area contributed by atoms with E-state index >= 15 is 0 Å². The van der Waals surface area contributed by atoms with Crippen LogP contribution in [0.4, 0.5) is 0 Å². The first-order valence-electron chi connectivity index (χ1n) is 2.71. The predicted octanol–water partition coefficient (Wildman–Crippen LogP) is 2.05. The molecule has 0 saturated heterocycles. The largest absolute Gasteiger partial charge is 0.135 e. The van der Waals surface area contributed by atoms with Gasteiger partial charge in [-0.3, -0.25) is 0 Å². The van der Waals surface area contributed by atoms with Crippen LogP contribution in [0.25, 0.3) is 0 Å². The van der Waals surface area contributed by atoms with E-state index in [9.17, 15) is 0 Å². The molecule has 0 aliphatic rings. The summed E-state index contributed by atoms with van der Waals surface area (Å²) >= 11 is 0. The van der Waals surface area contributed by atoms with Gasteiger partial charge in [0.25, 0.3) is 0 Å². The van der Waals surface area contributed by atoms with Crippen molar-refractivity contribution in [3.63, 3.8) is 0 Å². The molecule has 0 rings (SSSR count). The molecule has 0 aromatic carbocycles. The van der Waals surface area contributed by atoms with Crippen molar-refractivity contribution in [1.29, 1.82) is 0 Å². The lowest BCUT2D eigenvalue weighted by molar-refractivity contribution is 1.58. The molecule has 0 spiro atoms. The van der Waals surface area contributed by atoms with E-state index in [0.29, 0.717) is 0 Å². The van der Waals surface area contributed by atoms with Crippen molar-refractivity contribution in [3.05, 3.63) is 12.7 Å². The first-order valence-corrected chi connectivity index (χ1v) is 5.92. The van der Waals surface area contributed by atoms with Crippen molar-refractivity contribution >= 4 is 8.07 Å². The van der Waals surface area contributed by atoms with Gasteiger partial charge in [0, 0.05) is 0 Å². The van der Waals surface area contributed by atoms with Gasteiger partial charge in [0.15, 0.2) is 0 Å². The number of hydrogen-bond donors (Lipinski definition) is 0. The van der Waals surface area contributed by atoms with Crippen LogP contribution in [0.1, 0.15) is 0 Å². The molecule has 1 heteroatoms. The summed E-state index contributed by atoms with van der Waals surface area (Å²) in [7, 11) is -1.27. The van der Waals surface area contributed by atoms with Gasteiger partial charge >= 0.3 is 0 Å². The fraction of sp³-hybridized carbons (Fsp3) is 0.429. The van der Waals surface area contributed by atoms with E-state index in [1.54, 1.807) is 0 Å². The minimum Gasteiger partial charge on any atom is -0.135 e. The molecule has 0 amide bonds. The van der Waals surface area contributed by atoms with Crippen LogP contribution in [0.3, 0.4) is 0 Å². The summed E-state index contributed by atoms with van der Waals surface area (Å²) in [5, 5.41) is 0. The third kappa shape index (κ3) is 2.65. The summed E-state index contributed by atoms with van der Waals surface area (Å²) in [6.45, 7) is 7.96. The highest BCUT2D eigenvalue weighted by molar-refractivity contribution is 6.85. The van der Waals surface area contributed by atoms with Gasteiger partial charge in [0.1, 0.15) is 8.07 Å². The quantitative estimate of drug-likeness (QED) is 0.300. The third-order valence-electron chi connectivity index (χ3n) is 1.05. The second-order valence-corrected chi connectivity index (χ2v) is 6.99. The number of hydrogen-bond acceptors (Lipinski definition) is 0. The van der Waals surface area contributed by atoms with E-state index in [4.69, 9.17) is 6.42 Å². The summed E-state index contributed by atoms with van der Waals surface area (Å²) in [6, 6.07) is 1.03. The Balaban J connectivity index is 3.76. The van der Waals surface area contributed by atoms with Crippen molar-refractivity contribution in [1.82, 2.24) is 0 Å². The van der Waals surface area contributed by atoms with Crippen molar-refractivity contribution in [2.75, 3.05) is 0 Å². The van der Waals surface area contributed by atoms with Crippen molar-refractivity contribution in [3.8, 4) is 12.0 Å². The van der Waals surface area contributed by atoms with E-state index in [-0.39, 0.29) is 0 Å². The minimum absolute atomic E-state index is 1.03. The maximum absolute atomic E-state index is 5.26. The number of allylic oxidation sites excluding steroid dienone is 1. The first kappa shape index (κ1) is 7.52. The molecule has 0 aliphatic heterocycles. The molecule has 0 N–H and O–H groups in total. The second kappa shape index (κ2) is 2.73. The highest BCUT2D eigenvalue weighted by atomic mass is 28.3. The normalized spacial score (nSPS) is 10.1. The summed E-state index contributed by atoms with van der Waals surface area (Å²) in [5.74, 6) is 0. The van der Waals surface area contributed by atoms with Gasteiger partial charge in [-0.05, 0) is 6.04 Å². The van der Waals surface area contributed by atoms with Crippen LogP contribution < -0.4 is 0 Å². The molecule has 0 saturated carbocycles. The van der Waals surface area contributed by atoms with E-state index < -0.39 is 8.07 Å². The van der Waals surface area contributed by atoms with Gasteiger partial charge in [-0.15, -0.1) is 18.5 Å². The predicted molar refractivity (Wildman–Crippen MR) is 41.3 cm³/mol. The van der Waals surface area contributed by atoms with Crippen LogP contribution in [-0.4, -0.2) is 8.07 Å². The van der Waals surface area contributed by atoms with Gasteiger partial charge in [0.05, 0.1) is 0 Å². The van der Waals surface area contributed by atoms with Crippen molar-refractivity contribution in [2.45, 2.75) is 19.1 Å². The fourth-order valence-electron chi connectivity index (χ4n) is 0.420. The molecular formula is C7H12Si. The van der Waals surface area contributed by atoms with Gasteiger partial charge in [-0.25, -0.2) is 0 Å². The molecular weight excluding hydrogens is 112 g/mol. The maximum atomic E-state index is 5.26. The molecule has 44 valence electrons. The molecule has 0 nitrogen and oxygen atoms in total. The average Bonchev–Trinajstić information content (AvgIpc) is 1.67. The van der Waals surface area contributed by atoms with Gasteiger partial charge in [-0.1, -0.05) is 19.2 Å². The summed E-state index contributed by atoms with van der Waals surface area (Å²) < 4.78 is 0. The Morgan fingerprint density at radius 1 is 1.75 bits per heavy atom. The van der Waals surface area contributed by atoms with Gasteiger partial charge in [0.2, 0.25) is 0 Å². The number of rotatable bonds is 2. The zero-order valence-electron chi connectivity index (χ0n) is 5.57. The molecule has 0 aromatic rings. The second-order valence-electron chi connectivity index (χ2n) is 2.52. The Morgan fingerprint density at radius 3 is 2.38 bits per heavy atom. The highest BCUT2D eigenvalue weighted by Gasteiger charge is 2.13. The molecule has 0 heterocycles. The summed E-state index contributed by atoms with van der Waals surface area (Å²) in [6.07, 6.45) is 7.17. The molecule has 0 unspecified atom stereocenters. The minimum atomic E-state index is -1.27. The van der Waals surface area contributed by atoms with Crippen LogP contribution in [0, 0.1) is 12.0 Å². The molecule has 0 aliphatic carbocycles. The Kier molecular flexibility index (Phi) is 2.57. The fourth-order valence-corrected chi connectivity index (χ4v) is 1.26. The maximum Gasteiger partial charge on any atom is 0.135 e. The van der Waals surface area contributed by atoms with E-state index in [1.807, 2.05) is 6.08 Å². The van der Waals surface area contributed by atoms with Gasteiger partial charge < -0.3 is 0 Å². The Labute approximate surface area is 52.6 Å². The average molecular weight is 124 g/mol. The van der Waals surface area contributed by atoms with Crippen LogP contribution in [0.2, 0.25) is 19.1 Å². The van der Waals surface area contributed by atoms with Crippen LogP contribution in [0.5, 0.6) is 0 Å². The zero-order valence-corrected chi connectivity index (χ0v) is 6.57.